The Hall–Kier alpha value is -1.48. The normalized spacial score (nSPS) is 10.6. The average molecular weight is 257 g/mol. The van der Waals surface area contributed by atoms with Gasteiger partial charge in [0.2, 0.25) is 0 Å². The first-order valence-electron chi connectivity index (χ1n) is 4.92. The number of halogens is 4. The summed E-state index contributed by atoms with van der Waals surface area (Å²) in [5.41, 5.74) is 0.644. The van der Waals surface area contributed by atoms with Crippen LogP contribution in [0.4, 0.5) is 13.2 Å². The zero-order chi connectivity index (χ0) is 12.4. The van der Waals surface area contributed by atoms with Crippen LogP contribution in [0.2, 0.25) is 0 Å². The van der Waals surface area contributed by atoms with Gasteiger partial charge in [0.1, 0.15) is 5.82 Å². The molecule has 0 saturated carbocycles. The molecule has 0 aliphatic rings. The molecule has 0 aliphatic carbocycles. The first-order valence-corrected chi connectivity index (χ1v) is 5.45. The van der Waals surface area contributed by atoms with Gasteiger partial charge in [-0.3, -0.25) is 0 Å². The van der Waals surface area contributed by atoms with Crippen molar-refractivity contribution < 1.29 is 13.2 Å². The molecule has 0 amide bonds. The van der Waals surface area contributed by atoms with E-state index in [4.69, 9.17) is 11.6 Å². The van der Waals surface area contributed by atoms with E-state index in [-0.39, 0.29) is 17.0 Å². The Kier molecular flexibility index (Phi) is 3.38. The molecule has 2 aromatic rings. The molecular formula is C13H8ClF3. The SMILES string of the molecule is Fc1cc(-c2cccc(F)c2F)ccc1CCl. The highest BCUT2D eigenvalue weighted by atomic mass is 35.5. The van der Waals surface area contributed by atoms with Gasteiger partial charge in [0.05, 0.1) is 5.88 Å². The summed E-state index contributed by atoms with van der Waals surface area (Å²) in [7, 11) is 0. The summed E-state index contributed by atoms with van der Waals surface area (Å²) < 4.78 is 40.0. The predicted octanol–water partition coefficient (Wildman–Crippen LogP) is 4.51. The summed E-state index contributed by atoms with van der Waals surface area (Å²) in [5.74, 6) is -2.42. The predicted molar refractivity (Wildman–Crippen MR) is 61.3 cm³/mol. The van der Waals surface area contributed by atoms with E-state index >= 15 is 0 Å². The molecule has 0 N–H and O–H groups in total. The maximum atomic E-state index is 13.5. The van der Waals surface area contributed by atoms with Crippen molar-refractivity contribution in [2.75, 3.05) is 0 Å². The molecule has 0 atom stereocenters. The van der Waals surface area contributed by atoms with Crippen molar-refractivity contribution in [2.24, 2.45) is 0 Å². The van der Waals surface area contributed by atoms with Gasteiger partial charge in [-0.25, -0.2) is 13.2 Å². The largest absolute Gasteiger partial charge is 0.207 e. The fourth-order valence-electron chi connectivity index (χ4n) is 1.55. The van der Waals surface area contributed by atoms with E-state index in [1.54, 1.807) is 0 Å². The van der Waals surface area contributed by atoms with Crippen LogP contribution in [0.3, 0.4) is 0 Å². The van der Waals surface area contributed by atoms with E-state index in [0.29, 0.717) is 5.56 Å². The monoisotopic (exact) mass is 256 g/mol. The minimum Gasteiger partial charge on any atom is -0.207 e. The number of rotatable bonds is 2. The van der Waals surface area contributed by atoms with Crippen molar-refractivity contribution >= 4 is 11.6 Å². The van der Waals surface area contributed by atoms with Gasteiger partial charge in [-0.05, 0) is 17.7 Å². The summed E-state index contributed by atoms with van der Waals surface area (Å²) in [6.45, 7) is 0. The summed E-state index contributed by atoms with van der Waals surface area (Å²) >= 11 is 5.51. The van der Waals surface area contributed by atoms with Crippen molar-refractivity contribution in [3.63, 3.8) is 0 Å². The Morgan fingerprint density at radius 3 is 2.35 bits per heavy atom. The van der Waals surface area contributed by atoms with Crippen LogP contribution in [0.1, 0.15) is 5.56 Å². The van der Waals surface area contributed by atoms with Gasteiger partial charge in [-0.2, -0.15) is 0 Å². The molecular weight excluding hydrogens is 249 g/mol. The van der Waals surface area contributed by atoms with Crippen molar-refractivity contribution in [1.82, 2.24) is 0 Å². The highest BCUT2D eigenvalue weighted by Crippen LogP contribution is 2.26. The quantitative estimate of drug-likeness (QED) is 0.694. The zero-order valence-corrected chi connectivity index (χ0v) is 9.44. The van der Waals surface area contributed by atoms with Crippen molar-refractivity contribution in [2.45, 2.75) is 5.88 Å². The third-order valence-electron chi connectivity index (χ3n) is 2.46. The second kappa shape index (κ2) is 4.80. The van der Waals surface area contributed by atoms with E-state index in [2.05, 4.69) is 0 Å². The summed E-state index contributed by atoms with van der Waals surface area (Å²) in [4.78, 5) is 0. The van der Waals surface area contributed by atoms with E-state index in [1.807, 2.05) is 0 Å². The zero-order valence-electron chi connectivity index (χ0n) is 8.68. The van der Waals surface area contributed by atoms with Crippen LogP contribution in [0, 0.1) is 17.5 Å². The maximum Gasteiger partial charge on any atom is 0.166 e. The van der Waals surface area contributed by atoms with Crippen LogP contribution < -0.4 is 0 Å². The smallest absolute Gasteiger partial charge is 0.166 e. The lowest BCUT2D eigenvalue weighted by Crippen LogP contribution is -1.92. The second-order valence-corrected chi connectivity index (χ2v) is 3.81. The molecule has 0 aromatic heterocycles. The number of alkyl halides is 1. The summed E-state index contributed by atoms with van der Waals surface area (Å²) in [6, 6.07) is 7.91. The molecule has 0 saturated heterocycles. The Morgan fingerprint density at radius 1 is 0.941 bits per heavy atom. The molecule has 0 unspecified atom stereocenters. The van der Waals surface area contributed by atoms with Gasteiger partial charge >= 0.3 is 0 Å². The first kappa shape index (κ1) is 12.0. The Bertz CT molecular complexity index is 552. The summed E-state index contributed by atoms with van der Waals surface area (Å²) in [5, 5.41) is 0. The van der Waals surface area contributed by atoms with Crippen molar-refractivity contribution in [3.8, 4) is 11.1 Å². The topological polar surface area (TPSA) is 0 Å². The van der Waals surface area contributed by atoms with Crippen molar-refractivity contribution in [3.05, 3.63) is 59.4 Å². The fraction of sp³-hybridized carbons (Fsp3) is 0.0769. The van der Waals surface area contributed by atoms with E-state index in [0.717, 1.165) is 12.1 Å². The first-order chi connectivity index (χ1) is 8.13. The highest BCUT2D eigenvalue weighted by molar-refractivity contribution is 6.17. The van der Waals surface area contributed by atoms with Gasteiger partial charge < -0.3 is 0 Å². The number of benzene rings is 2. The van der Waals surface area contributed by atoms with Gasteiger partial charge in [-0.1, -0.05) is 24.3 Å². The van der Waals surface area contributed by atoms with Crippen LogP contribution in [-0.4, -0.2) is 0 Å². The van der Waals surface area contributed by atoms with E-state index in [1.165, 1.54) is 24.3 Å². The molecule has 0 fully saturated rings. The summed E-state index contributed by atoms with van der Waals surface area (Å²) in [6.07, 6.45) is 0. The lowest BCUT2D eigenvalue weighted by atomic mass is 10.0. The third-order valence-corrected chi connectivity index (χ3v) is 2.75. The minimum absolute atomic E-state index is 0.0324. The maximum absolute atomic E-state index is 13.5. The number of hydrogen-bond acceptors (Lipinski definition) is 0. The van der Waals surface area contributed by atoms with E-state index in [9.17, 15) is 13.2 Å². The van der Waals surface area contributed by atoms with Gasteiger partial charge in [-0.15, -0.1) is 11.6 Å². The standard InChI is InChI=1S/C13H8ClF3/c14-7-9-5-4-8(6-12(9)16)10-2-1-3-11(15)13(10)17/h1-6H,7H2. The Morgan fingerprint density at radius 2 is 1.71 bits per heavy atom. The van der Waals surface area contributed by atoms with Gasteiger partial charge in [0.15, 0.2) is 11.6 Å². The fourth-order valence-corrected chi connectivity index (χ4v) is 1.77. The van der Waals surface area contributed by atoms with Crippen LogP contribution in [0.25, 0.3) is 11.1 Å². The Balaban J connectivity index is 2.54. The number of hydrogen-bond donors (Lipinski definition) is 0. The minimum atomic E-state index is -0.981. The highest BCUT2D eigenvalue weighted by Gasteiger charge is 2.11. The molecule has 17 heavy (non-hydrogen) atoms. The van der Waals surface area contributed by atoms with Crippen LogP contribution in [-0.2, 0) is 5.88 Å². The lowest BCUT2D eigenvalue weighted by molar-refractivity contribution is 0.511. The van der Waals surface area contributed by atoms with E-state index < -0.39 is 17.5 Å². The average Bonchev–Trinajstić information content (AvgIpc) is 2.32. The molecule has 0 bridgehead atoms. The van der Waals surface area contributed by atoms with Crippen LogP contribution >= 0.6 is 11.6 Å². The molecule has 0 radical (unpaired) electrons. The van der Waals surface area contributed by atoms with Crippen LogP contribution in [0.5, 0.6) is 0 Å². The molecule has 0 heterocycles. The van der Waals surface area contributed by atoms with Gasteiger partial charge in [0, 0.05) is 11.1 Å². The second-order valence-electron chi connectivity index (χ2n) is 3.54. The third kappa shape index (κ3) is 2.29. The molecule has 0 nitrogen and oxygen atoms in total. The molecule has 0 aliphatic heterocycles. The van der Waals surface area contributed by atoms with Crippen molar-refractivity contribution in [1.29, 1.82) is 0 Å². The molecule has 2 rings (SSSR count). The molecule has 4 heteroatoms. The van der Waals surface area contributed by atoms with Gasteiger partial charge in [0.25, 0.3) is 0 Å². The van der Waals surface area contributed by atoms with Crippen LogP contribution in [0.15, 0.2) is 36.4 Å². The molecule has 88 valence electrons. The molecule has 0 spiro atoms. The lowest BCUT2D eigenvalue weighted by Gasteiger charge is -2.06. The Labute approximate surface area is 102 Å². The molecule has 2 aromatic carbocycles.